The molecule has 1 spiro atoms. The van der Waals surface area contributed by atoms with E-state index in [1.165, 1.54) is 12.1 Å². The highest BCUT2D eigenvalue weighted by Crippen LogP contribution is 2.35. The average Bonchev–Trinajstić information content (AvgIpc) is 3.23. The molecule has 2 aliphatic heterocycles. The van der Waals surface area contributed by atoms with E-state index >= 15 is 0 Å². The van der Waals surface area contributed by atoms with Crippen LogP contribution in [0.4, 0.5) is 36.7 Å². The Morgan fingerprint density at radius 3 is 2.08 bits per heavy atom. The van der Waals surface area contributed by atoms with E-state index in [1.54, 1.807) is 0 Å². The molecule has 2 atom stereocenters. The summed E-state index contributed by atoms with van der Waals surface area (Å²) in [6.07, 6.45) is -3.53. The molecule has 1 aromatic heterocycles. The minimum atomic E-state index is -5.08. The summed E-state index contributed by atoms with van der Waals surface area (Å²) in [5.74, 6) is -5.01. The maximum Gasteiger partial charge on any atom is 0.490 e. The average molecular weight is 584 g/mol. The highest BCUT2D eigenvalue weighted by atomic mass is 19.4. The summed E-state index contributed by atoms with van der Waals surface area (Å²) in [5, 5.41) is 17.7. The van der Waals surface area contributed by atoms with Gasteiger partial charge in [0.15, 0.2) is 0 Å². The lowest BCUT2D eigenvalue weighted by Gasteiger charge is -2.38. The van der Waals surface area contributed by atoms with E-state index in [1.807, 2.05) is 31.5 Å². The van der Waals surface area contributed by atoms with Gasteiger partial charge in [-0.25, -0.2) is 23.9 Å². The number of ether oxygens (including phenoxy) is 1. The molecule has 1 aromatic carbocycles. The van der Waals surface area contributed by atoms with E-state index in [0.29, 0.717) is 12.0 Å². The second kappa shape index (κ2) is 13.7. The third kappa shape index (κ3) is 10.9. The van der Waals surface area contributed by atoms with E-state index in [0.717, 1.165) is 56.6 Å². The lowest BCUT2D eigenvalue weighted by molar-refractivity contribution is -0.193. The third-order valence-corrected chi connectivity index (χ3v) is 5.81. The highest BCUT2D eigenvalue weighted by molar-refractivity contribution is 5.73. The van der Waals surface area contributed by atoms with Crippen molar-refractivity contribution in [3.05, 3.63) is 53.6 Å². The van der Waals surface area contributed by atoms with Crippen molar-refractivity contribution in [1.29, 1.82) is 0 Å². The van der Waals surface area contributed by atoms with Gasteiger partial charge in [0, 0.05) is 44.7 Å². The van der Waals surface area contributed by atoms with Crippen LogP contribution in [0.25, 0.3) is 0 Å². The number of alkyl halides is 6. The number of carbonyl (C=O) groups is 2. The van der Waals surface area contributed by atoms with Crippen LogP contribution in [0.2, 0.25) is 0 Å². The van der Waals surface area contributed by atoms with Gasteiger partial charge in [0.1, 0.15) is 5.82 Å². The van der Waals surface area contributed by atoms with Crippen LogP contribution in [0.5, 0.6) is 0 Å². The van der Waals surface area contributed by atoms with Gasteiger partial charge in [0.25, 0.3) is 0 Å². The number of aromatic nitrogens is 2. The zero-order valence-electron chi connectivity index (χ0n) is 21.1. The number of likely N-dealkylation sites (tertiary alicyclic amines) is 1. The summed E-state index contributed by atoms with van der Waals surface area (Å²) >= 11 is 0. The number of rotatable bonds is 4. The van der Waals surface area contributed by atoms with E-state index in [9.17, 15) is 30.7 Å². The van der Waals surface area contributed by atoms with Gasteiger partial charge in [0.05, 0.1) is 5.60 Å². The van der Waals surface area contributed by atoms with Gasteiger partial charge in [-0.3, -0.25) is 4.90 Å². The Bertz CT molecular complexity index is 1090. The number of hydrogen-bond donors (Lipinski definition) is 3. The molecule has 2 fully saturated rings. The molecule has 40 heavy (non-hydrogen) atoms. The molecular formula is C24H27F7N4O5. The topological polar surface area (TPSA) is 125 Å². The van der Waals surface area contributed by atoms with Crippen molar-refractivity contribution in [2.24, 2.45) is 0 Å². The molecule has 0 amide bonds. The fourth-order valence-electron chi connectivity index (χ4n) is 4.00. The predicted molar refractivity (Wildman–Crippen MR) is 126 cm³/mol. The van der Waals surface area contributed by atoms with E-state index in [2.05, 4.69) is 20.2 Å². The Morgan fingerprint density at radius 2 is 1.57 bits per heavy atom. The zero-order chi connectivity index (χ0) is 30.1. The molecule has 2 aromatic rings. The molecule has 0 saturated carbocycles. The highest BCUT2D eigenvalue weighted by Gasteiger charge is 2.43. The number of halogens is 7. The van der Waals surface area contributed by atoms with Gasteiger partial charge in [-0.05, 0) is 49.4 Å². The first-order valence-corrected chi connectivity index (χ1v) is 11.8. The number of hydrogen-bond acceptors (Lipinski definition) is 7. The van der Waals surface area contributed by atoms with Gasteiger partial charge >= 0.3 is 24.3 Å². The summed E-state index contributed by atoms with van der Waals surface area (Å²) in [6, 6.07) is 7.11. The fraction of sp³-hybridized carbons (Fsp3) is 0.500. The SMILES string of the molecule is Cc1cnc(N[C@@H]2CCO[C@]3(CCN(Cc4ccc(F)cc4)C3)C2)nc1.O=C(O)C(F)(F)F.O=C(O)C(F)(F)F. The van der Waals surface area contributed by atoms with Crippen LogP contribution in [0.3, 0.4) is 0 Å². The molecule has 3 N–H and O–H groups in total. The Labute approximate surface area is 224 Å². The maximum atomic E-state index is 13.1. The van der Waals surface area contributed by atoms with Crippen LogP contribution < -0.4 is 5.32 Å². The van der Waals surface area contributed by atoms with Crippen LogP contribution in [0.15, 0.2) is 36.7 Å². The van der Waals surface area contributed by atoms with Crippen LogP contribution >= 0.6 is 0 Å². The van der Waals surface area contributed by atoms with Gasteiger partial charge in [-0.1, -0.05) is 12.1 Å². The standard InChI is InChI=1S/C20H25FN4O.2C2HF3O2/c1-15-11-22-19(23-12-15)24-18-6-9-26-20(10-18)7-8-25(14-20)13-16-2-4-17(21)5-3-16;2*3-2(4,5)1(6)7/h2-5,11-12,18H,6-10,13-14H2,1H3,(H,22,23,24);2*(H,6,7)/t18-,20-;;/m1../s1. The van der Waals surface area contributed by atoms with Crippen molar-refractivity contribution in [1.82, 2.24) is 14.9 Å². The first kappa shape index (κ1) is 32.7. The summed E-state index contributed by atoms with van der Waals surface area (Å²) < 4.78 is 82.8. The second-order valence-electron chi connectivity index (χ2n) is 9.14. The van der Waals surface area contributed by atoms with Crippen molar-refractivity contribution in [2.45, 2.75) is 56.7 Å². The summed E-state index contributed by atoms with van der Waals surface area (Å²) in [6.45, 7) is 5.50. The molecule has 3 heterocycles. The first-order chi connectivity index (χ1) is 18.5. The number of aryl methyl sites for hydroxylation is 1. The van der Waals surface area contributed by atoms with Crippen LogP contribution in [-0.2, 0) is 20.9 Å². The number of aliphatic carboxylic acids is 2. The number of anilines is 1. The monoisotopic (exact) mass is 584 g/mol. The lowest BCUT2D eigenvalue weighted by Crippen LogP contribution is -2.46. The van der Waals surface area contributed by atoms with Crippen molar-refractivity contribution in [2.75, 3.05) is 25.0 Å². The Balaban J connectivity index is 0.000000333. The van der Waals surface area contributed by atoms with Gasteiger partial charge < -0.3 is 20.3 Å². The van der Waals surface area contributed by atoms with Crippen molar-refractivity contribution in [3.63, 3.8) is 0 Å². The molecule has 2 aliphatic rings. The van der Waals surface area contributed by atoms with Crippen molar-refractivity contribution in [3.8, 4) is 0 Å². The van der Waals surface area contributed by atoms with Crippen molar-refractivity contribution < 1.29 is 55.3 Å². The third-order valence-electron chi connectivity index (χ3n) is 5.81. The Kier molecular flexibility index (Phi) is 11.2. The van der Waals surface area contributed by atoms with Crippen molar-refractivity contribution >= 4 is 17.9 Å². The summed E-state index contributed by atoms with van der Waals surface area (Å²) in [5.41, 5.74) is 2.11. The van der Waals surface area contributed by atoms with E-state index in [4.69, 9.17) is 24.5 Å². The molecule has 9 nitrogen and oxygen atoms in total. The Morgan fingerprint density at radius 1 is 1.05 bits per heavy atom. The normalized spacial score (nSPS) is 21.1. The Hall–Kier alpha value is -3.53. The minimum absolute atomic E-state index is 0.0966. The van der Waals surface area contributed by atoms with Crippen LogP contribution in [0, 0.1) is 12.7 Å². The van der Waals surface area contributed by atoms with Crippen LogP contribution in [0.1, 0.15) is 30.4 Å². The maximum absolute atomic E-state index is 13.1. The first-order valence-electron chi connectivity index (χ1n) is 11.8. The summed E-state index contributed by atoms with van der Waals surface area (Å²) in [7, 11) is 0. The minimum Gasteiger partial charge on any atom is -0.475 e. The lowest BCUT2D eigenvalue weighted by atomic mass is 9.89. The smallest absolute Gasteiger partial charge is 0.475 e. The molecular weight excluding hydrogens is 557 g/mol. The molecule has 0 radical (unpaired) electrons. The molecule has 0 bridgehead atoms. The number of nitrogens with zero attached hydrogens (tertiary/aromatic N) is 3. The summed E-state index contributed by atoms with van der Waals surface area (Å²) in [4.78, 5) is 28.9. The predicted octanol–water partition coefficient (Wildman–Crippen LogP) is 4.43. The van der Waals surface area contributed by atoms with Gasteiger partial charge in [-0.15, -0.1) is 0 Å². The number of benzene rings is 1. The van der Waals surface area contributed by atoms with Gasteiger partial charge in [0.2, 0.25) is 5.95 Å². The molecule has 4 rings (SSSR count). The zero-order valence-corrected chi connectivity index (χ0v) is 21.1. The molecule has 0 aliphatic carbocycles. The molecule has 0 unspecified atom stereocenters. The second-order valence-corrected chi connectivity index (χ2v) is 9.14. The largest absolute Gasteiger partial charge is 0.490 e. The molecule has 16 heteroatoms. The molecule has 222 valence electrons. The van der Waals surface area contributed by atoms with E-state index < -0.39 is 24.3 Å². The number of carboxylic acids is 2. The molecule has 2 saturated heterocycles. The number of nitrogens with one attached hydrogen (secondary N) is 1. The van der Waals surface area contributed by atoms with E-state index in [-0.39, 0.29) is 11.4 Å². The quantitative estimate of drug-likeness (QED) is 0.448. The van der Waals surface area contributed by atoms with Gasteiger partial charge in [-0.2, -0.15) is 26.3 Å². The number of carboxylic acid groups (broad SMARTS) is 2. The fourth-order valence-corrected chi connectivity index (χ4v) is 4.00. The van der Waals surface area contributed by atoms with Crippen LogP contribution in [-0.4, -0.2) is 80.7 Å².